The number of carbonyl (C=O) groups is 3. The second-order valence-electron chi connectivity index (χ2n) is 7.52. The Labute approximate surface area is 202 Å². The molecular formula is C22H20F2N6O4S. The highest BCUT2D eigenvalue weighted by atomic mass is 32.2. The van der Waals surface area contributed by atoms with Crippen molar-refractivity contribution in [2.75, 3.05) is 18.2 Å². The maximum atomic E-state index is 13.9. The van der Waals surface area contributed by atoms with Crippen LogP contribution in [0.2, 0.25) is 0 Å². The minimum absolute atomic E-state index is 0.0742. The normalized spacial score (nSPS) is 15.3. The van der Waals surface area contributed by atoms with E-state index in [1.165, 1.54) is 7.11 Å². The number of amides is 4. The number of halogens is 2. The first-order valence-corrected chi connectivity index (χ1v) is 11.4. The van der Waals surface area contributed by atoms with Crippen LogP contribution in [0.25, 0.3) is 5.69 Å². The third-order valence-electron chi connectivity index (χ3n) is 5.00. The van der Waals surface area contributed by atoms with E-state index in [-0.39, 0.29) is 24.3 Å². The van der Waals surface area contributed by atoms with E-state index in [2.05, 4.69) is 26.1 Å². The molecule has 0 bridgehead atoms. The number of anilines is 1. The van der Waals surface area contributed by atoms with Gasteiger partial charge in [-0.1, -0.05) is 17.8 Å². The van der Waals surface area contributed by atoms with Crippen molar-refractivity contribution in [2.45, 2.75) is 24.0 Å². The van der Waals surface area contributed by atoms with Crippen LogP contribution in [0, 0.1) is 11.6 Å². The van der Waals surface area contributed by atoms with Crippen LogP contribution in [0.1, 0.15) is 12.2 Å². The highest BCUT2D eigenvalue weighted by molar-refractivity contribution is 7.99. The van der Waals surface area contributed by atoms with Crippen molar-refractivity contribution in [3.63, 3.8) is 0 Å². The molecule has 1 atom stereocenters. The van der Waals surface area contributed by atoms with E-state index in [4.69, 9.17) is 4.74 Å². The number of carbonyl (C=O) groups excluding carboxylic acids is 3. The van der Waals surface area contributed by atoms with Crippen molar-refractivity contribution in [2.24, 2.45) is 0 Å². The summed E-state index contributed by atoms with van der Waals surface area (Å²) in [6.07, 6.45) is 0.280. The minimum atomic E-state index is -0.885. The Kier molecular flexibility index (Phi) is 7.25. The molecule has 1 unspecified atom stereocenters. The number of benzene rings is 2. The third kappa shape index (κ3) is 5.93. The van der Waals surface area contributed by atoms with Gasteiger partial charge in [-0.3, -0.25) is 19.5 Å². The van der Waals surface area contributed by atoms with E-state index in [1.807, 2.05) is 0 Å². The number of hydrogen-bond donors (Lipinski definition) is 3. The number of methoxy groups -OCH3 is 1. The Morgan fingerprint density at radius 3 is 2.80 bits per heavy atom. The van der Waals surface area contributed by atoms with Gasteiger partial charge < -0.3 is 15.4 Å². The summed E-state index contributed by atoms with van der Waals surface area (Å²) < 4.78 is 33.9. The SMILES string of the molecule is COc1cccc(-n2c(CC3CC(=O)NC(=O)N3)nnc2SCC(=O)Nc2ccc(F)cc2F)c1. The molecular weight excluding hydrogens is 482 g/mol. The van der Waals surface area contributed by atoms with Gasteiger partial charge in [0.2, 0.25) is 11.8 Å². The van der Waals surface area contributed by atoms with E-state index in [0.29, 0.717) is 28.5 Å². The fourth-order valence-corrected chi connectivity index (χ4v) is 4.23. The number of aromatic nitrogens is 3. The van der Waals surface area contributed by atoms with E-state index in [1.54, 1.807) is 28.8 Å². The zero-order valence-corrected chi connectivity index (χ0v) is 19.2. The summed E-state index contributed by atoms with van der Waals surface area (Å²) in [6.45, 7) is 0. The molecule has 0 spiro atoms. The second kappa shape index (κ2) is 10.5. The summed E-state index contributed by atoms with van der Waals surface area (Å²) >= 11 is 1.05. The summed E-state index contributed by atoms with van der Waals surface area (Å²) in [6, 6.07) is 8.85. The second-order valence-corrected chi connectivity index (χ2v) is 8.47. The van der Waals surface area contributed by atoms with Crippen LogP contribution in [0.5, 0.6) is 5.75 Å². The minimum Gasteiger partial charge on any atom is -0.497 e. The Morgan fingerprint density at radius 2 is 2.06 bits per heavy atom. The lowest BCUT2D eigenvalue weighted by atomic mass is 10.1. The summed E-state index contributed by atoms with van der Waals surface area (Å²) in [4.78, 5) is 35.9. The van der Waals surface area contributed by atoms with Crippen molar-refractivity contribution in [3.8, 4) is 11.4 Å². The molecule has 182 valence electrons. The molecule has 1 aromatic heterocycles. The van der Waals surface area contributed by atoms with Gasteiger partial charge >= 0.3 is 6.03 Å². The van der Waals surface area contributed by atoms with Crippen molar-refractivity contribution in [1.82, 2.24) is 25.4 Å². The Balaban J connectivity index is 1.55. The first kappa shape index (κ1) is 24.1. The molecule has 10 nitrogen and oxygen atoms in total. The van der Waals surface area contributed by atoms with Crippen LogP contribution >= 0.6 is 11.8 Å². The third-order valence-corrected chi connectivity index (χ3v) is 5.93. The molecule has 1 aliphatic rings. The summed E-state index contributed by atoms with van der Waals surface area (Å²) in [5.41, 5.74) is 0.502. The van der Waals surface area contributed by atoms with Gasteiger partial charge in [0.1, 0.15) is 23.2 Å². The average Bonchev–Trinajstić information content (AvgIpc) is 3.21. The summed E-state index contributed by atoms with van der Waals surface area (Å²) in [5, 5.41) is 16.0. The Hall–Kier alpha value is -4.00. The maximum Gasteiger partial charge on any atom is 0.321 e. The van der Waals surface area contributed by atoms with Gasteiger partial charge in [0, 0.05) is 31.0 Å². The van der Waals surface area contributed by atoms with Gasteiger partial charge in [-0.25, -0.2) is 13.6 Å². The highest BCUT2D eigenvalue weighted by Gasteiger charge is 2.27. The van der Waals surface area contributed by atoms with Gasteiger partial charge in [-0.15, -0.1) is 10.2 Å². The number of nitrogens with one attached hydrogen (secondary N) is 3. The van der Waals surface area contributed by atoms with Crippen molar-refractivity contribution in [1.29, 1.82) is 0 Å². The molecule has 3 aromatic rings. The van der Waals surface area contributed by atoms with Crippen LogP contribution in [0.15, 0.2) is 47.6 Å². The largest absolute Gasteiger partial charge is 0.497 e. The molecule has 35 heavy (non-hydrogen) atoms. The number of hydrogen-bond acceptors (Lipinski definition) is 7. The molecule has 1 aliphatic heterocycles. The molecule has 4 amide bonds. The van der Waals surface area contributed by atoms with E-state index in [0.717, 1.165) is 23.9 Å². The van der Waals surface area contributed by atoms with Crippen LogP contribution in [-0.2, 0) is 16.0 Å². The predicted molar refractivity (Wildman–Crippen MR) is 122 cm³/mol. The van der Waals surface area contributed by atoms with Crippen LogP contribution < -0.4 is 20.7 Å². The van der Waals surface area contributed by atoms with Crippen LogP contribution in [0.3, 0.4) is 0 Å². The molecule has 2 aromatic carbocycles. The zero-order chi connectivity index (χ0) is 24.9. The number of nitrogens with zero attached hydrogens (tertiary/aromatic N) is 3. The quantitative estimate of drug-likeness (QED) is 0.404. The number of urea groups is 1. The number of ether oxygens (including phenoxy) is 1. The number of imide groups is 1. The number of thioether (sulfide) groups is 1. The monoisotopic (exact) mass is 502 g/mol. The molecule has 4 rings (SSSR count). The van der Waals surface area contributed by atoms with Crippen molar-refractivity contribution < 1.29 is 27.9 Å². The molecule has 1 saturated heterocycles. The smallest absolute Gasteiger partial charge is 0.321 e. The first-order valence-electron chi connectivity index (χ1n) is 10.4. The van der Waals surface area contributed by atoms with Gasteiger partial charge in [0.05, 0.1) is 24.2 Å². The van der Waals surface area contributed by atoms with Crippen LogP contribution in [0.4, 0.5) is 19.3 Å². The molecule has 1 fully saturated rings. The van der Waals surface area contributed by atoms with E-state index in [9.17, 15) is 23.2 Å². The number of rotatable bonds is 8. The first-order chi connectivity index (χ1) is 16.8. The Morgan fingerprint density at radius 1 is 1.23 bits per heavy atom. The van der Waals surface area contributed by atoms with E-state index < -0.39 is 35.5 Å². The van der Waals surface area contributed by atoms with Gasteiger partial charge in [-0.05, 0) is 24.3 Å². The van der Waals surface area contributed by atoms with Gasteiger partial charge in [0.15, 0.2) is 5.16 Å². The fraction of sp³-hybridized carbons (Fsp3) is 0.227. The highest BCUT2D eigenvalue weighted by Crippen LogP contribution is 2.26. The molecule has 13 heteroatoms. The molecule has 0 radical (unpaired) electrons. The Bertz CT molecular complexity index is 1270. The van der Waals surface area contributed by atoms with Crippen LogP contribution in [-0.4, -0.2) is 51.5 Å². The fourth-order valence-electron chi connectivity index (χ4n) is 3.46. The van der Waals surface area contributed by atoms with Gasteiger partial charge in [-0.2, -0.15) is 0 Å². The van der Waals surface area contributed by atoms with Gasteiger partial charge in [0.25, 0.3) is 0 Å². The molecule has 0 saturated carbocycles. The average molecular weight is 503 g/mol. The maximum absolute atomic E-state index is 13.9. The molecule has 0 aliphatic carbocycles. The zero-order valence-electron chi connectivity index (χ0n) is 18.4. The lowest BCUT2D eigenvalue weighted by molar-refractivity contribution is -0.121. The topological polar surface area (TPSA) is 127 Å². The van der Waals surface area contributed by atoms with Crippen molar-refractivity contribution >= 4 is 35.3 Å². The molecule has 2 heterocycles. The van der Waals surface area contributed by atoms with Crippen molar-refractivity contribution in [3.05, 3.63) is 59.9 Å². The predicted octanol–water partition coefficient (Wildman–Crippen LogP) is 2.43. The molecule has 3 N–H and O–H groups in total. The summed E-state index contributed by atoms with van der Waals surface area (Å²) in [7, 11) is 1.52. The lowest BCUT2D eigenvalue weighted by Crippen LogP contribution is -2.53. The lowest BCUT2D eigenvalue weighted by Gasteiger charge is -2.23. The standard InChI is InChI=1S/C22H20F2N6O4S/c1-34-15-4-2-3-14(10-15)30-18(8-13-9-19(31)27-21(33)25-13)28-29-22(30)35-11-20(32)26-17-6-5-12(23)7-16(17)24/h2-7,10,13H,8-9,11H2,1H3,(H,26,32)(H2,25,27,31,33). The van der Waals surface area contributed by atoms with E-state index >= 15 is 0 Å². The summed E-state index contributed by atoms with van der Waals surface area (Å²) in [5.74, 6) is -1.67.